The van der Waals surface area contributed by atoms with E-state index in [0.29, 0.717) is 5.75 Å². The third kappa shape index (κ3) is 25.8. The highest BCUT2D eigenvalue weighted by Gasteiger charge is 2.56. The van der Waals surface area contributed by atoms with Gasteiger partial charge in [-0.05, 0) is 48.7 Å². The molecule has 49 heteroatoms. The van der Waals surface area contributed by atoms with Gasteiger partial charge in [-0.15, -0.1) is 35.3 Å². The van der Waals surface area contributed by atoms with Crippen molar-refractivity contribution in [3.63, 3.8) is 0 Å². The van der Waals surface area contributed by atoms with Crippen LogP contribution in [0, 0.1) is 11.3 Å². The van der Waals surface area contributed by atoms with E-state index in [0.717, 1.165) is 35.3 Å². The average Bonchev–Trinajstić information content (AvgIpc) is 0.799. The molecule has 8 aliphatic heterocycles. The number of thioether (sulfide) groups is 4. The molecule has 0 aliphatic carbocycles. The van der Waals surface area contributed by atoms with Crippen LogP contribution in [0.2, 0.25) is 0 Å². The standard InChI is InChI=1S/C66H118N2O42S5/c1-25-33(103-58(46(88)34(25)76)107-53-29(16-72)99-57(95)45(87)41(53)83)20-112-12-5-67-65(111)68-21-66(22-96-6-2-9-113-62-50(92)42(84)54(30(17-73)104-62)108-59-47(89)38(80)35(77)26(13-69)100-59,23-97-7-3-10-114-63-51(93)43(85)55(31(18-74)105-63)109-60-48(90)39(81)36(78)27(14-70)101-60)24-98-8-4-11-115-64-52(94)44(86)56(32(19-75)106-64)110-61-49(91)40(82)37(79)28(15-71)102-61/h25-64,69-95H,2-24H2,1H3,(H2,67,68,111)/t25-,26?,27?,28?,29?,30?,31?,32?,33?,34+,35+,36+,37+,38+,39+,40+,41-,42-,43-,44-,45?,46?,47?,48?,49?,50?,51?,52?,53-,54-,55-,56-,57+,58-,59+,60+,61+,62+,63+,64+,66?/m1/s1. The number of hydrogen-bond donors (Lipinski definition) is 29. The van der Waals surface area contributed by atoms with E-state index < -0.39 is 295 Å². The van der Waals surface area contributed by atoms with E-state index in [-0.39, 0.29) is 100 Å². The molecule has 44 nitrogen and oxygen atoms in total. The summed E-state index contributed by atoms with van der Waals surface area (Å²) in [5, 5.41) is 291. The zero-order valence-electron chi connectivity index (χ0n) is 62.6. The van der Waals surface area contributed by atoms with Gasteiger partial charge >= 0.3 is 0 Å². The van der Waals surface area contributed by atoms with Crippen molar-refractivity contribution >= 4 is 64.4 Å². The third-order valence-corrected chi connectivity index (χ3v) is 26.0. The van der Waals surface area contributed by atoms with Gasteiger partial charge in [0, 0.05) is 50.3 Å². The Labute approximate surface area is 683 Å². The number of ether oxygens (including phenoxy) is 15. The lowest BCUT2D eigenvalue weighted by Gasteiger charge is -2.46. The fourth-order valence-corrected chi connectivity index (χ4v) is 18.3. The Bertz CT molecular complexity index is 2550. The van der Waals surface area contributed by atoms with Crippen LogP contribution in [0.3, 0.4) is 0 Å². The summed E-state index contributed by atoms with van der Waals surface area (Å²) in [5.74, 6) is 0.562. The van der Waals surface area contributed by atoms with E-state index in [2.05, 4.69) is 10.6 Å². The maximum atomic E-state index is 11.3. The predicted molar refractivity (Wildman–Crippen MR) is 396 cm³/mol. The second-order valence-corrected chi connectivity index (χ2v) is 34.4. The summed E-state index contributed by atoms with van der Waals surface area (Å²) in [6.45, 7) is -3.84. The highest BCUT2D eigenvalue weighted by Crippen LogP contribution is 2.39. The van der Waals surface area contributed by atoms with Crippen molar-refractivity contribution in [3.8, 4) is 0 Å². The molecule has 0 aromatic rings. The first-order valence-corrected chi connectivity index (χ1v) is 42.5. The van der Waals surface area contributed by atoms with Crippen LogP contribution in [-0.4, -0.2) is 508 Å². The summed E-state index contributed by atoms with van der Waals surface area (Å²) in [4.78, 5) is 0. The molecule has 0 saturated carbocycles. The molecule has 29 N–H and O–H groups in total. The minimum Gasteiger partial charge on any atom is -0.394 e. The summed E-state index contributed by atoms with van der Waals surface area (Å²) >= 11 is 10.3. The van der Waals surface area contributed by atoms with E-state index in [9.17, 15) is 138 Å². The van der Waals surface area contributed by atoms with E-state index in [1.165, 1.54) is 11.8 Å². The van der Waals surface area contributed by atoms with Gasteiger partial charge in [0.1, 0.15) is 193 Å². The predicted octanol–water partition coefficient (Wildman–Crippen LogP) is -14.6. The molecule has 0 radical (unpaired) electrons. The maximum Gasteiger partial charge on any atom is 0.187 e. The molecule has 0 aromatic carbocycles. The van der Waals surface area contributed by atoms with Crippen molar-refractivity contribution in [1.29, 1.82) is 0 Å². The molecule has 0 amide bonds. The van der Waals surface area contributed by atoms with Gasteiger partial charge in [-0.1, -0.05) is 6.92 Å². The zero-order valence-corrected chi connectivity index (χ0v) is 66.7. The first-order chi connectivity index (χ1) is 54.8. The van der Waals surface area contributed by atoms with Gasteiger partial charge in [-0.25, -0.2) is 0 Å². The number of thiocarbonyl (C=S) groups is 1. The van der Waals surface area contributed by atoms with Crippen LogP contribution >= 0.6 is 59.3 Å². The highest BCUT2D eigenvalue weighted by atomic mass is 32.2. The Balaban J connectivity index is 0.920. The van der Waals surface area contributed by atoms with Gasteiger partial charge in [-0.2, -0.15) is 11.8 Å². The first kappa shape index (κ1) is 99.8. The van der Waals surface area contributed by atoms with Gasteiger partial charge in [-0.3, -0.25) is 0 Å². The van der Waals surface area contributed by atoms with Crippen LogP contribution in [0.15, 0.2) is 0 Å². The van der Waals surface area contributed by atoms with Crippen molar-refractivity contribution in [2.24, 2.45) is 11.3 Å². The normalized spacial score (nSPS) is 44.7. The van der Waals surface area contributed by atoms with Gasteiger partial charge in [0.25, 0.3) is 0 Å². The molecule has 0 bridgehead atoms. The lowest BCUT2D eigenvalue weighted by atomic mass is 9.90. The number of nitrogens with one attached hydrogen (secondary N) is 2. The molecule has 8 heterocycles. The topological polar surface area (TPSA) is 709 Å². The molecule has 16 unspecified atom stereocenters. The fourth-order valence-electron chi connectivity index (χ4n) is 13.8. The van der Waals surface area contributed by atoms with E-state index >= 15 is 0 Å². The third-order valence-electron chi connectivity index (χ3n) is 20.9. The molecular weight excluding hydrogens is 1650 g/mol. The van der Waals surface area contributed by atoms with Crippen LogP contribution in [0.4, 0.5) is 0 Å². The minimum atomic E-state index is -1.88. The van der Waals surface area contributed by atoms with Crippen LogP contribution in [0.25, 0.3) is 0 Å². The van der Waals surface area contributed by atoms with E-state index in [1.807, 2.05) is 0 Å². The summed E-state index contributed by atoms with van der Waals surface area (Å²) in [6, 6.07) is 0. The molecule has 115 heavy (non-hydrogen) atoms. The Kier molecular flexibility index (Phi) is 41.9. The Morgan fingerprint density at radius 1 is 0.330 bits per heavy atom. The average molecular weight is 1770 g/mol. The molecule has 0 spiro atoms. The number of aliphatic hydroxyl groups is 27. The smallest absolute Gasteiger partial charge is 0.187 e. The Morgan fingerprint density at radius 2 is 0.635 bits per heavy atom. The second-order valence-electron chi connectivity index (χ2n) is 29.2. The number of hydrogen-bond acceptors (Lipinski definition) is 47. The Hall–Kier alpha value is -0.590. The Morgan fingerprint density at radius 3 is 0.965 bits per heavy atom. The number of aliphatic hydroxyl groups excluding tert-OH is 27. The molecule has 0 aromatic heterocycles. The molecule has 8 saturated heterocycles. The van der Waals surface area contributed by atoms with Crippen LogP contribution < -0.4 is 10.6 Å². The van der Waals surface area contributed by atoms with Crippen molar-refractivity contribution in [2.75, 3.05) is 128 Å². The number of rotatable bonds is 43. The van der Waals surface area contributed by atoms with Crippen LogP contribution in [-0.2, 0) is 71.1 Å². The van der Waals surface area contributed by atoms with E-state index in [1.54, 1.807) is 6.92 Å². The quantitative estimate of drug-likeness (QED) is 0.0199. The molecule has 8 aliphatic rings. The minimum absolute atomic E-state index is 0.0220. The maximum absolute atomic E-state index is 11.3. The largest absolute Gasteiger partial charge is 0.394 e. The molecule has 674 valence electrons. The fraction of sp³-hybridized carbons (Fsp3) is 0.985. The monoisotopic (exact) mass is 1770 g/mol. The molecular formula is C66H118N2O42S5. The van der Waals surface area contributed by atoms with Crippen molar-refractivity contribution in [2.45, 2.75) is 263 Å². The summed E-state index contributed by atoms with van der Waals surface area (Å²) < 4.78 is 87.4. The molecule has 40 atom stereocenters. The summed E-state index contributed by atoms with van der Waals surface area (Å²) in [5.41, 5.74) is -4.67. The summed E-state index contributed by atoms with van der Waals surface area (Å²) in [6.07, 6.45) is -57.4. The van der Waals surface area contributed by atoms with Gasteiger partial charge in [0.15, 0.2) is 36.6 Å². The summed E-state index contributed by atoms with van der Waals surface area (Å²) in [7, 11) is 0. The van der Waals surface area contributed by atoms with Gasteiger partial charge < -0.3 is 220 Å². The molecule has 8 rings (SSSR count). The lowest BCUT2D eigenvalue weighted by Crippen LogP contribution is -2.64. The first-order valence-electron chi connectivity index (χ1n) is 37.8. The molecule has 8 fully saturated rings. The van der Waals surface area contributed by atoms with Crippen molar-refractivity contribution in [3.05, 3.63) is 0 Å². The van der Waals surface area contributed by atoms with Crippen LogP contribution in [0.1, 0.15) is 26.2 Å². The lowest BCUT2D eigenvalue weighted by molar-refractivity contribution is -0.347. The zero-order chi connectivity index (χ0) is 84.3. The van der Waals surface area contributed by atoms with Crippen LogP contribution in [0.5, 0.6) is 0 Å². The van der Waals surface area contributed by atoms with Crippen molar-refractivity contribution in [1.82, 2.24) is 10.6 Å². The van der Waals surface area contributed by atoms with E-state index in [4.69, 9.17) is 83.3 Å². The van der Waals surface area contributed by atoms with Gasteiger partial charge in [0.05, 0.1) is 83.7 Å². The van der Waals surface area contributed by atoms with Crippen molar-refractivity contribution < 1.29 is 209 Å². The van der Waals surface area contributed by atoms with Gasteiger partial charge in [0.2, 0.25) is 0 Å². The highest BCUT2D eigenvalue weighted by molar-refractivity contribution is 8.00. The SMILES string of the molecule is C[C@@H]1C(CSCCNC(=S)NCC(COCCCS[C@@H]2OC(CO)[C@@H](O[C@@H]3OC(CO)[C@H](O)[C@H](O)C3O)[C@H](O)C2O)(COCCCS[C@@H]2OC(CO)[C@@H](O[C@@H]3OC(CO)[C@H](O)[C@H](O)C3O)[C@H](O)C2O)COCCCS[C@@H]2OC(CO)[C@@H](O[C@@H]3OC(CO)[C@H](O)[C@H](O)C3O)[C@H](O)C2O)O[C@H](O[C@@H]2C(CO)O[C@H](O)C(O)[C@H]2O)C(O)[C@H]1O. The second kappa shape index (κ2) is 48.2.